The van der Waals surface area contributed by atoms with Crippen molar-refractivity contribution >= 4 is 11.6 Å². The van der Waals surface area contributed by atoms with Crippen molar-refractivity contribution < 1.29 is 22.6 Å². The number of fused-ring (bicyclic) bond motifs is 1. The molecule has 1 saturated heterocycles. The summed E-state index contributed by atoms with van der Waals surface area (Å²) in [6.45, 7) is 1.58. The number of anilines is 1. The number of nitrogens with one attached hydrogen (secondary N) is 1. The smallest absolute Gasteiger partial charge is 0.433 e. The number of halogens is 3. The zero-order valence-corrected chi connectivity index (χ0v) is 15.7. The monoisotopic (exact) mass is 407 g/mol. The van der Waals surface area contributed by atoms with E-state index in [4.69, 9.17) is 9.47 Å². The first kappa shape index (κ1) is 19.4. The van der Waals surface area contributed by atoms with Gasteiger partial charge in [-0.05, 0) is 30.5 Å². The summed E-state index contributed by atoms with van der Waals surface area (Å²) in [6, 6.07) is 8.71. The van der Waals surface area contributed by atoms with E-state index in [1.807, 2.05) is 24.3 Å². The Morgan fingerprint density at radius 2 is 1.93 bits per heavy atom. The first-order valence-electron chi connectivity index (χ1n) is 9.15. The second-order valence-corrected chi connectivity index (χ2v) is 6.97. The van der Waals surface area contributed by atoms with E-state index >= 15 is 0 Å². The lowest BCUT2D eigenvalue weighted by Gasteiger charge is -2.38. The molecule has 2 aromatic heterocycles. The van der Waals surface area contributed by atoms with Gasteiger partial charge < -0.3 is 14.8 Å². The van der Waals surface area contributed by atoms with Crippen molar-refractivity contribution in [1.82, 2.24) is 19.6 Å². The minimum Gasteiger partial charge on any atom is -0.497 e. The third-order valence-corrected chi connectivity index (χ3v) is 5.30. The molecule has 29 heavy (non-hydrogen) atoms. The van der Waals surface area contributed by atoms with E-state index in [1.165, 1.54) is 10.8 Å². The summed E-state index contributed by atoms with van der Waals surface area (Å²) in [4.78, 5) is 7.36. The highest BCUT2D eigenvalue weighted by Gasteiger charge is 2.36. The van der Waals surface area contributed by atoms with E-state index in [0.717, 1.165) is 30.2 Å². The molecule has 0 unspecified atom stereocenters. The fourth-order valence-electron chi connectivity index (χ4n) is 3.62. The van der Waals surface area contributed by atoms with Crippen molar-refractivity contribution in [3.8, 4) is 5.75 Å². The number of hydrogen-bond donors (Lipinski definition) is 1. The molecule has 0 amide bonds. The number of rotatable bonds is 5. The first-order chi connectivity index (χ1) is 13.9. The Morgan fingerprint density at radius 3 is 2.59 bits per heavy atom. The van der Waals surface area contributed by atoms with Crippen molar-refractivity contribution in [2.45, 2.75) is 24.4 Å². The minimum absolute atomic E-state index is 0.104. The van der Waals surface area contributed by atoms with Gasteiger partial charge in [-0.15, -0.1) is 0 Å². The highest BCUT2D eigenvalue weighted by Crippen LogP contribution is 2.36. The van der Waals surface area contributed by atoms with Gasteiger partial charge in [-0.1, -0.05) is 12.1 Å². The maximum atomic E-state index is 13.2. The van der Waals surface area contributed by atoms with Gasteiger partial charge in [0, 0.05) is 31.2 Å². The zero-order valence-electron chi connectivity index (χ0n) is 15.7. The molecule has 7 nitrogen and oxygen atoms in total. The maximum Gasteiger partial charge on any atom is 0.433 e. The average molecular weight is 407 g/mol. The SMILES string of the molecule is COc1ccc(C2(CNc3cc(C(F)(F)F)nc4ncnn34)CCOCC2)cc1. The van der Waals surface area contributed by atoms with E-state index in [1.54, 1.807) is 7.11 Å². The van der Waals surface area contributed by atoms with E-state index < -0.39 is 11.9 Å². The van der Waals surface area contributed by atoms with Crippen LogP contribution in [0.4, 0.5) is 19.0 Å². The number of aromatic nitrogens is 4. The van der Waals surface area contributed by atoms with Crippen LogP contribution < -0.4 is 10.1 Å². The third kappa shape index (κ3) is 3.84. The van der Waals surface area contributed by atoms with Gasteiger partial charge in [0.05, 0.1) is 7.11 Å². The topological polar surface area (TPSA) is 73.6 Å². The van der Waals surface area contributed by atoms with Gasteiger partial charge >= 0.3 is 6.18 Å². The van der Waals surface area contributed by atoms with Crippen molar-refractivity contribution in [2.75, 3.05) is 32.2 Å². The molecule has 10 heteroatoms. The second kappa shape index (κ2) is 7.51. The minimum atomic E-state index is -4.57. The van der Waals surface area contributed by atoms with Crippen LogP contribution in [0.1, 0.15) is 24.1 Å². The molecule has 0 atom stereocenters. The molecule has 0 aliphatic carbocycles. The van der Waals surface area contributed by atoms with Crippen molar-refractivity contribution in [1.29, 1.82) is 0 Å². The molecule has 3 aromatic rings. The molecule has 4 rings (SSSR count). The highest BCUT2D eigenvalue weighted by molar-refractivity contribution is 5.47. The van der Waals surface area contributed by atoms with Crippen LogP contribution in [-0.2, 0) is 16.3 Å². The number of methoxy groups -OCH3 is 1. The number of alkyl halides is 3. The zero-order chi connectivity index (χ0) is 20.5. The molecule has 0 radical (unpaired) electrons. The Hall–Kier alpha value is -2.88. The third-order valence-electron chi connectivity index (χ3n) is 5.30. The molecule has 1 fully saturated rings. The van der Waals surface area contributed by atoms with Crippen LogP contribution in [0.25, 0.3) is 5.78 Å². The number of benzene rings is 1. The first-order valence-corrected chi connectivity index (χ1v) is 9.15. The fraction of sp³-hybridized carbons (Fsp3) is 0.421. The van der Waals surface area contributed by atoms with Gasteiger partial charge in [0.25, 0.3) is 5.78 Å². The Kier molecular flexibility index (Phi) is 5.03. The van der Waals surface area contributed by atoms with Gasteiger partial charge in [-0.3, -0.25) is 0 Å². The maximum absolute atomic E-state index is 13.2. The second-order valence-electron chi connectivity index (χ2n) is 6.97. The molecule has 3 heterocycles. The van der Waals surface area contributed by atoms with Crippen LogP contribution in [0, 0.1) is 0 Å². The quantitative estimate of drug-likeness (QED) is 0.700. The summed E-state index contributed by atoms with van der Waals surface area (Å²) in [6.07, 6.45) is -1.91. The Labute approximate surface area is 164 Å². The van der Waals surface area contributed by atoms with Gasteiger partial charge in [0.2, 0.25) is 0 Å². The summed E-state index contributed by atoms with van der Waals surface area (Å²) >= 11 is 0. The molecule has 1 aromatic carbocycles. The van der Waals surface area contributed by atoms with Crippen LogP contribution in [0.3, 0.4) is 0 Å². The molecule has 1 N–H and O–H groups in total. The number of nitrogens with zero attached hydrogens (tertiary/aromatic N) is 4. The fourth-order valence-corrected chi connectivity index (χ4v) is 3.62. The van der Waals surface area contributed by atoms with E-state index in [0.29, 0.717) is 19.8 Å². The molecule has 1 aliphatic rings. The lowest BCUT2D eigenvalue weighted by atomic mass is 9.74. The van der Waals surface area contributed by atoms with Gasteiger partial charge in [0.15, 0.2) is 5.69 Å². The van der Waals surface area contributed by atoms with E-state index in [2.05, 4.69) is 20.4 Å². The summed E-state index contributed by atoms with van der Waals surface area (Å²) in [5.41, 5.74) is -0.223. The molecule has 0 spiro atoms. The lowest BCUT2D eigenvalue weighted by molar-refractivity contribution is -0.141. The molecule has 0 saturated carbocycles. The van der Waals surface area contributed by atoms with Crippen LogP contribution in [0.2, 0.25) is 0 Å². The lowest BCUT2D eigenvalue weighted by Crippen LogP contribution is -2.40. The summed E-state index contributed by atoms with van der Waals surface area (Å²) in [7, 11) is 1.60. The highest BCUT2D eigenvalue weighted by atomic mass is 19.4. The molecular weight excluding hydrogens is 387 g/mol. The van der Waals surface area contributed by atoms with Crippen molar-refractivity contribution in [3.05, 3.63) is 47.9 Å². The van der Waals surface area contributed by atoms with Gasteiger partial charge in [-0.2, -0.15) is 27.8 Å². The Bertz CT molecular complexity index is 982. The van der Waals surface area contributed by atoms with Crippen LogP contribution in [0.5, 0.6) is 5.75 Å². The van der Waals surface area contributed by atoms with Crippen LogP contribution >= 0.6 is 0 Å². The molecule has 154 valence electrons. The number of hydrogen-bond acceptors (Lipinski definition) is 6. The predicted octanol–water partition coefficient (Wildman–Crippen LogP) is 3.31. The normalized spacial score (nSPS) is 16.7. The van der Waals surface area contributed by atoms with Crippen LogP contribution in [-0.4, -0.2) is 46.5 Å². The molecule has 0 bridgehead atoms. The predicted molar refractivity (Wildman–Crippen MR) is 99.0 cm³/mol. The van der Waals surface area contributed by atoms with Gasteiger partial charge in [-0.25, -0.2) is 4.98 Å². The standard InChI is InChI=1S/C19H20F3N5O2/c1-28-14-4-2-13(3-5-14)18(6-8-29-9-7-18)11-23-16-10-15(19(20,21)22)26-17-24-12-25-27(16)17/h2-5,10,12,23H,6-9,11H2,1H3. The van der Waals surface area contributed by atoms with E-state index in [9.17, 15) is 13.2 Å². The Balaban J connectivity index is 1.66. The molecular formula is C19H20F3N5O2. The average Bonchev–Trinajstić information content (AvgIpc) is 3.21. The van der Waals surface area contributed by atoms with Crippen LogP contribution in [0.15, 0.2) is 36.7 Å². The number of ether oxygens (including phenoxy) is 2. The van der Waals surface area contributed by atoms with Gasteiger partial charge in [0.1, 0.15) is 17.9 Å². The largest absolute Gasteiger partial charge is 0.497 e. The Morgan fingerprint density at radius 1 is 1.21 bits per heavy atom. The van der Waals surface area contributed by atoms with E-state index in [-0.39, 0.29) is 17.0 Å². The summed E-state index contributed by atoms with van der Waals surface area (Å²) in [5.74, 6) is 0.837. The van der Waals surface area contributed by atoms with Crippen molar-refractivity contribution in [3.63, 3.8) is 0 Å². The summed E-state index contributed by atoms with van der Waals surface area (Å²) in [5, 5.41) is 7.15. The molecule has 1 aliphatic heterocycles. The van der Waals surface area contributed by atoms with Crippen molar-refractivity contribution in [2.24, 2.45) is 0 Å². The summed E-state index contributed by atoms with van der Waals surface area (Å²) < 4.78 is 51.7.